The van der Waals surface area contributed by atoms with Gasteiger partial charge < -0.3 is 14.6 Å². The number of hydrogen-bond acceptors (Lipinski definition) is 6. The molecule has 1 unspecified atom stereocenters. The summed E-state index contributed by atoms with van der Waals surface area (Å²) in [5.41, 5.74) is 2.23. The Balaban J connectivity index is 1.82. The van der Waals surface area contributed by atoms with Crippen LogP contribution in [0.1, 0.15) is 17.4 Å². The number of hydrogen-bond donors (Lipinski definition) is 1. The molecule has 4 aromatic rings. The van der Waals surface area contributed by atoms with Crippen molar-refractivity contribution in [1.29, 1.82) is 0 Å². The first-order valence-corrected chi connectivity index (χ1v) is 8.98. The Morgan fingerprint density at radius 1 is 1.10 bits per heavy atom. The highest BCUT2D eigenvalue weighted by Crippen LogP contribution is 2.33. The number of nitrogens with one attached hydrogen (secondary N) is 1. The number of benzene rings is 2. The number of methoxy groups -OCH3 is 1. The van der Waals surface area contributed by atoms with E-state index in [4.69, 9.17) is 4.74 Å². The average molecular weight is 389 g/mol. The Kier molecular flexibility index (Phi) is 4.82. The van der Waals surface area contributed by atoms with E-state index in [1.165, 1.54) is 6.07 Å². The van der Waals surface area contributed by atoms with Crippen molar-refractivity contribution < 1.29 is 9.66 Å². The van der Waals surface area contributed by atoms with Crippen LogP contribution in [0.15, 0.2) is 67.1 Å². The Hall–Kier alpha value is -3.94. The van der Waals surface area contributed by atoms with Crippen LogP contribution in [-0.2, 0) is 7.05 Å². The van der Waals surface area contributed by atoms with Crippen LogP contribution >= 0.6 is 0 Å². The summed E-state index contributed by atoms with van der Waals surface area (Å²) in [6.07, 6.45) is 5.24. The minimum atomic E-state index is -0.395. The molecule has 0 aliphatic heterocycles. The number of non-ortho nitro benzene ring substituents is 1. The molecule has 8 nitrogen and oxygen atoms in total. The maximum absolute atomic E-state index is 11.4. The smallest absolute Gasteiger partial charge is 0.278 e. The number of aryl methyl sites for hydroxylation is 1. The maximum atomic E-state index is 11.4. The van der Waals surface area contributed by atoms with Crippen molar-refractivity contribution >= 4 is 22.3 Å². The SMILES string of the molecule is COc1ccc(C(Nc2ccc([N+](=O)[O-])c3cccnc23)c2nccn2C)cc1. The first-order valence-electron chi connectivity index (χ1n) is 8.98. The van der Waals surface area contributed by atoms with Gasteiger partial charge in [-0.15, -0.1) is 0 Å². The molecule has 4 rings (SSSR count). The number of anilines is 1. The molecule has 2 heterocycles. The molecule has 1 atom stereocenters. The van der Waals surface area contributed by atoms with Gasteiger partial charge in [-0.2, -0.15) is 0 Å². The number of nitro groups is 1. The number of imidazole rings is 1. The van der Waals surface area contributed by atoms with Crippen molar-refractivity contribution in [3.8, 4) is 5.75 Å². The van der Waals surface area contributed by atoms with Crippen molar-refractivity contribution in [2.75, 3.05) is 12.4 Å². The van der Waals surface area contributed by atoms with Crippen LogP contribution in [0.4, 0.5) is 11.4 Å². The third-order valence-corrected chi connectivity index (χ3v) is 4.81. The highest BCUT2D eigenvalue weighted by Gasteiger charge is 2.22. The molecular weight excluding hydrogens is 370 g/mol. The fraction of sp³-hybridized carbons (Fsp3) is 0.143. The molecule has 1 N–H and O–H groups in total. The third kappa shape index (κ3) is 3.47. The molecule has 2 aromatic heterocycles. The Labute approximate surface area is 166 Å². The number of nitro benzene ring substituents is 1. The largest absolute Gasteiger partial charge is 0.497 e. The zero-order chi connectivity index (χ0) is 20.4. The van der Waals surface area contributed by atoms with E-state index in [-0.39, 0.29) is 11.7 Å². The van der Waals surface area contributed by atoms with Crippen molar-refractivity contribution in [2.24, 2.45) is 7.05 Å². The Morgan fingerprint density at radius 2 is 1.90 bits per heavy atom. The summed E-state index contributed by atoms with van der Waals surface area (Å²) in [5.74, 6) is 1.56. The van der Waals surface area contributed by atoms with E-state index in [2.05, 4.69) is 15.3 Å². The molecular formula is C21H19N5O3. The summed E-state index contributed by atoms with van der Waals surface area (Å²) in [6.45, 7) is 0. The topological polar surface area (TPSA) is 95.1 Å². The van der Waals surface area contributed by atoms with Gasteiger partial charge in [-0.25, -0.2) is 4.98 Å². The summed E-state index contributed by atoms with van der Waals surface area (Å²) >= 11 is 0. The summed E-state index contributed by atoms with van der Waals surface area (Å²) in [4.78, 5) is 19.9. The van der Waals surface area contributed by atoms with Crippen molar-refractivity contribution in [1.82, 2.24) is 14.5 Å². The molecule has 0 aliphatic carbocycles. The predicted octanol–water partition coefficient (Wildman–Crippen LogP) is 4.09. The summed E-state index contributed by atoms with van der Waals surface area (Å²) < 4.78 is 7.19. The van der Waals surface area contributed by atoms with Gasteiger partial charge in [0.05, 0.1) is 23.1 Å². The third-order valence-electron chi connectivity index (χ3n) is 4.81. The standard InChI is InChI=1S/C21H19N5O3/c1-25-13-12-23-21(25)19(14-5-7-15(29-2)8-6-14)24-17-9-10-18(26(27)28)16-4-3-11-22-20(16)17/h3-13,19,24H,1-2H3. The van der Waals surface area contributed by atoms with E-state index in [0.29, 0.717) is 16.6 Å². The quantitative estimate of drug-likeness (QED) is 0.394. The van der Waals surface area contributed by atoms with Gasteiger partial charge >= 0.3 is 0 Å². The lowest BCUT2D eigenvalue weighted by Gasteiger charge is -2.21. The van der Waals surface area contributed by atoms with Crippen LogP contribution in [0.3, 0.4) is 0 Å². The molecule has 0 saturated carbocycles. The zero-order valence-electron chi connectivity index (χ0n) is 15.9. The van der Waals surface area contributed by atoms with Crippen LogP contribution in [-0.4, -0.2) is 26.6 Å². The summed E-state index contributed by atoms with van der Waals surface area (Å²) in [7, 11) is 3.55. The van der Waals surface area contributed by atoms with E-state index >= 15 is 0 Å². The lowest BCUT2D eigenvalue weighted by Crippen LogP contribution is -2.17. The average Bonchev–Trinajstić information content (AvgIpc) is 3.17. The van der Waals surface area contributed by atoms with Gasteiger partial charge in [0, 0.05) is 31.7 Å². The van der Waals surface area contributed by atoms with Crippen LogP contribution in [0, 0.1) is 10.1 Å². The molecule has 146 valence electrons. The van der Waals surface area contributed by atoms with Crippen LogP contribution in [0.25, 0.3) is 10.9 Å². The molecule has 8 heteroatoms. The Morgan fingerprint density at radius 3 is 2.55 bits per heavy atom. The van der Waals surface area contributed by atoms with Gasteiger partial charge in [0.2, 0.25) is 0 Å². The zero-order valence-corrected chi connectivity index (χ0v) is 15.9. The fourth-order valence-corrected chi connectivity index (χ4v) is 3.34. The number of aromatic nitrogens is 3. The van der Waals surface area contributed by atoms with Gasteiger partial charge in [-0.3, -0.25) is 15.1 Å². The minimum absolute atomic E-state index is 0.0247. The van der Waals surface area contributed by atoms with Crippen LogP contribution in [0.5, 0.6) is 5.75 Å². The van der Waals surface area contributed by atoms with E-state index in [9.17, 15) is 10.1 Å². The maximum Gasteiger partial charge on any atom is 0.278 e. The molecule has 0 spiro atoms. The van der Waals surface area contributed by atoms with Gasteiger partial charge in [0.1, 0.15) is 23.1 Å². The molecule has 0 saturated heterocycles. The lowest BCUT2D eigenvalue weighted by atomic mass is 10.0. The van der Waals surface area contributed by atoms with E-state index in [1.54, 1.807) is 37.7 Å². The van der Waals surface area contributed by atoms with E-state index in [1.807, 2.05) is 42.1 Å². The highest BCUT2D eigenvalue weighted by atomic mass is 16.6. The Bertz CT molecular complexity index is 1170. The lowest BCUT2D eigenvalue weighted by molar-refractivity contribution is -0.383. The minimum Gasteiger partial charge on any atom is -0.497 e. The highest BCUT2D eigenvalue weighted by molar-refractivity contribution is 5.96. The number of ether oxygens (including phenoxy) is 1. The second-order valence-electron chi connectivity index (χ2n) is 6.54. The van der Waals surface area contributed by atoms with Crippen LogP contribution < -0.4 is 10.1 Å². The van der Waals surface area contributed by atoms with Gasteiger partial charge in [-0.1, -0.05) is 12.1 Å². The molecule has 0 fully saturated rings. The van der Waals surface area contributed by atoms with Crippen molar-refractivity contribution in [3.05, 3.63) is 88.6 Å². The number of nitrogens with zero attached hydrogens (tertiary/aromatic N) is 4. The monoisotopic (exact) mass is 389 g/mol. The van der Waals surface area contributed by atoms with Crippen molar-refractivity contribution in [3.63, 3.8) is 0 Å². The van der Waals surface area contributed by atoms with Gasteiger partial charge in [-0.05, 0) is 35.9 Å². The number of pyridine rings is 1. The second kappa shape index (κ2) is 7.59. The first-order chi connectivity index (χ1) is 14.1. The molecule has 29 heavy (non-hydrogen) atoms. The first kappa shape index (κ1) is 18.4. The summed E-state index contributed by atoms with van der Waals surface area (Å²) in [5, 5.41) is 15.4. The van der Waals surface area contributed by atoms with Crippen molar-refractivity contribution in [2.45, 2.75) is 6.04 Å². The van der Waals surface area contributed by atoms with E-state index < -0.39 is 4.92 Å². The molecule has 0 radical (unpaired) electrons. The normalized spacial score (nSPS) is 11.9. The number of fused-ring (bicyclic) bond motifs is 1. The van der Waals surface area contributed by atoms with Gasteiger partial charge in [0.15, 0.2) is 0 Å². The predicted molar refractivity (Wildman–Crippen MR) is 110 cm³/mol. The summed E-state index contributed by atoms with van der Waals surface area (Å²) in [6, 6.07) is 14.0. The van der Waals surface area contributed by atoms with Crippen LogP contribution in [0.2, 0.25) is 0 Å². The second-order valence-corrected chi connectivity index (χ2v) is 6.54. The molecule has 2 aromatic carbocycles. The molecule has 0 bridgehead atoms. The molecule has 0 amide bonds. The van der Waals surface area contributed by atoms with Gasteiger partial charge in [0.25, 0.3) is 5.69 Å². The fourth-order valence-electron chi connectivity index (χ4n) is 3.34. The number of rotatable bonds is 6. The van der Waals surface area contributed by atoms with E-state index in [0.717, 1.165) is 17.1 Å². The molecule has 0 aliphatic rings.